The largest absolute Gasteiger partial charge is 0.369 e. The minimum absolute atomic E-state index is 0. The van der Waals surface area contributed by atoms with E-state index in [2.05, 4.69) is 0 Å². The van der Waals surface area contributed by atoms with Crippen molar-refractivity contribution >= 4 is 19.1 Å². The maximum absolute atomic E-state index is 4.81. The van der Waals surface area contributed by atoms with Crippen LogP contribution in [0.25, 0.3) is 0 Å². The quantitative estimate of drug-likeness (QED) is 0.468. The van der Waals surface area contributed by atoms with E-state index in [1.165, 1.54) is 0 Å². The molecule has 16 N–H and O–H groups in total. The van der Waals surface area contributed by atoms with Crippen LogP contribution >= 0.6 is 19.1 Å². The average Bonchev–Trinajstić information content (AvgIpc) is 0.918. The first kappa shape index (κ1) is 42.7. The van der Waals surface area contributed by atoms with E-state index in [0.29, 0.717) is 0 Å². The average molecular weight is 249 g/mol. The van der Waals surface area contributed by atoms with Crippen molar-refractivity contribution in [1.82, 2.24) is 24.6 Å². The molecule has 0 unspecified atom stereocenters. The fourth-order valence-corrected chi connectivity index (χ4v) is 0. The summed E-state index contributed by atoms with van der Waals surface area (Å²) in [4.78, 5) is 0. The zero-order chi connectivity index (χ0) is 2.71. The Kier molecular flexibility index (Phi) is 368. The van der Waals surface area contributed by atoms with Crippen LogP contribution in [-0.4, -0.2) is 0 Å². The predicted octanol–water partition coefficient (Wildman–Crippen LogP) is 2.88. The first-order valence-electron chi connectivity index (χ1n) is 0.239. The minimum atomic E-state index is -0.106. The van der Waals surface area contributed by atoms with Crippen LogP contribution < -0.4 is 24.6 Å². The molecule has 0 radical (unpaired) electrons. The van der Waals surface area contributed by atoms with Gasteiger partial charge < -0.3 is 24.6 Å². The van der Waals surface area contributed by atoms with Crippen LogP contribution in [-0.2, 0) is 15.9 Å². The molecular formula is H16Cl2N4Pd+4. The predicted molar refractivity (Wildman–Crippen MR) is 35.6 cm³/mol. The van der Waals surface area contributed by atoms with Crippen LogP contribution in [0.4, 0.5) is 0 Å². The Morgan fingerprint density at radius 2 is 0.714 bits per heavy atom. The molecule has 0 aliphatic heterocycles. The maximum atomic E-state index is 4.81. The van der Waals surface area contributed by atoms with Crippen LogP contribution in [0, 0.1) is 0 Å². The molecule has 0 aliphatic rings. The molecule has 0 aromatic rings. The van der Waals surface area contributed by atoms with Gasteiger partial charge in [-0.3, -0.25) is 0 Å². The van der Waals surface area contributed by atoms with Crippen molar-refractivity contribution in [2.45, 2.75) is 0 Å². The van der Waals surface area contributed by atoms with Gasteiger partial charge in [-0.1, -0.05) is 0 Å². The van der Waals surface area contributed by atoms with Gasteiger partial charge in [0.2, 0.25) is 0 Å². The Morgan fingerprint density at radius 1 is 0.714 bits per heavy atom. The molecular weight excluding hydrogens is 233 g/mol. The van der Waals surface area contributed by atoms with Gasteiger partial charge in [0.25, 0.3) is 0 Å². The van der Waals surface area contributed by atoms with E-state index < -0.39 is 0 Å². The fourth-order valence-electron chi connectivity index (χ4n) is 0. The Balaban J connectivity index is -0.00000000333. The van der Waals surface area contributed by atoms with E-state index in [1.54, 1.807) is 0 Å². The molecule has 7 heavy (non-hydrogen) atoms. The number of hydrogen-bond donors (Lipinski definition) is 4. The number of halogens is 2. The van der Waals surface area contributed by atoms with Gasteiger partial charge in [-0.2, -0.15) is 0 Å². The van der Waals surface area contributed by atoms with Gasteiger partial charge in [-0.05, 0) is 0 Å². The number of quaternary nitrogens is 4. The van der Waals surface area contributed by atoms with Crippen LogP contribution in [0.1, 0.15) is 0 Å². The molecule has 0 fully saturated rings. The zero-order valence-corrected chi connectivity index (χ0v) is 8.14. The summed E-state index contributed by atoms with van der Waals surface area (Å²) >= 11 is -0.106. The second-order valence-corrected chi connectivity index (χ2v) is 2.41. The van der Waals surface area contributed by atoms with Crippen molar-refractivity contribution in [3.05, 3.63) is 0 Å². The molecule has 0 spiro atoms. The van der Waals surface area contributed by atoms with E-state index in [4.69, 9.17) is 19.1 Å². The Hall–Kier alpha value is 1.08. The monoisotopic (exact) mass is 248 g/mol. The molecule has 0 atom stereocenters. The molecule has 0 aromatic carbocycles. The summed E-state index contributed by atoms with van der Waals surface area (Å²) in [5, 5.41) is 0. The molecule has 56 valence electrons. The second-order valence-electron chi connectivity index (χ2n) is 0.0452. The number of rotatable bonds is 0. The molecule has 0 aromatic heterocycles. The van der Waals surface area contributed by atoms with Crippen LogP contribution in [0.2, 0.25) is 0 Å². The van der Waals surface area contributed by atoms with Gasteiger partial charge in [0, 0.05) is 0 Å². The maximum Gasteiger partial charge on any atom is -0.369 e. The van der Waals surface area contributed by atoms with E-state index in [9.17, 15) is 0 Å². The third kappa shape index (κ3) is 156. The van der Waals surface area contributed by atoms with Gasteiger partial charge in [-0.15, -0.1) is 0 Å². The van der Waals surface area contributed by atoms with E-state index in [1.807, 2.05) is 0 Å². The van der Waals surface area contributed by atoms with Crippen molar-refractivity contribution in [2.75, 3.05) is 0 Å². The molecule has 0 saturated carbocycles. The van der Waals surface area contributed by atoms with Crippen molar-refractivity contribution in [2.24, 2.45) is 0 Å². The molecule has 0 bridgehead atoms. The Bertz CT molecular complexity index is 9.65. The standard InChI is InChI=1S/2ClH.4H3N.Pd/h2*1H;4*1H3;/q;;;;;;+2/p+2. The molecule has 0 heterocycles. The fraction of sp³-hybridized carbons (Fsp3) is 0. The SMILES string of the molecule is [Cl][Pd][Cl].[NH4+].[NH4+].[NH4+].[NH4+]. The van der Waals surface area contributed by atoms with Gasteiger partial charge >= 0.3 is 35.0 Å². The Labute approximate surface area is 59.8 Å². The van der Waals surface area contributed by atoms with Gasteiger partial charge in [0.15, 0.2) is 0 Å². The molecule has 0 amide bonds. The normalized spacial score (nSPS) is 3.14. The first-order chi connectivity index (χ1) is 1.41. The third-order valence-corrected chi connectivity index (χ3v) is 0. The summed E-state index contributed by atoms with van der Waals surface area (Å²) < 4.78 is 0. The smallest absolute Gasteiger partial charge is 0.369 e. The van der Waals surface area contributed by atoms with Crippen molar-refractivity contribution in [1.29, 1.82) is 0 Å². The van der Waals surface area contributed by atoms with Crippen LogP contribution in [0.5, 0.6) is 0 Å². The summed E-state index contributed by atoms with van der Waals surface area (Å²) in [5.74, 6) is 0. The second kappa shape index (κ2) is 60.4. The molecule has 0 rings (SSSR count). The minimum Gasteiger partial charge on any atom is -0.369 e. The zero-order valence-electron chi connectivity index (χ0n) is 5.07. The topological polar surface area (TPSA) is 146 Å². The molecule has 7 heteroatoms. The van der Waals surface area contributed by atoms with Gasteiger partial charge in [0.05, 0.1) is 0 Å². The molecule has 0 saturated heterocycles. The summed E-state index contributed by atoms with van der Waals surface area (Å²) in [5.41, 5.74) is 0. The van der Waals surface area contributed by atoms with Crippen LogP contribution in [0.15, 0.2) is 0 Å². The molecule has 0 aliphatic carbocycles. The van der Waals surface area contributed by atoms with E-state index in [-0.39, 0.29) is 40.5 Å². The first-order valence-corrected chi connectivity index (χ1v) is 4.24. The van der Waals surface area contributed by atoms with E-state index in [0.717, 1.165) is 0 Å². The van der Waals surface area contributed by atoms with Crippen molar-refractivity contribution < 1.29 is 15.9 Å². The summed E-state index contributed by atoms with van der Waals surface area (Å²) in [6, 6.07) is 0. The third-order valence-electron chi connectivity index (χ3n) is 0. The van der Waals surface area contributed by atoms with Gasteiger partial charge in [-0.25, -0.2) is 0 Å². The number of hydrogen-bond acceptors (Lipinski definition) is 0. The van der Waals surface area contributed by atoms with Gasteiger partial charge in [0.1, 0.15) is 0 Å². The van der Waals surface area contributed by atoms with E-state index >= 15 is 0 Å². The molecule has 4 nitrogen and oxygen atoms in total. The Morgan fingerprint density at radius 3 is 0.714 bits per heavy atom. The van der Waals surface area contributed by atoms with Crippen molar-refractivity contribution in [3.63, 3.8) is 0 Å². The summed E-state index contributed by atoms with van der Waals surface area (Å²) in [7, 11) is 9.63. The summed E-state index contributed by atoms with van der Waals surface area (Å²) in [6.07, 6.45) is 0. The summed E-state index contributed by atoms with van der Waals surface area (Å²) in [6.45, 7) is 0. The van der Waals surface area contributed by atoms with Crippen LogP contribution in [0.3, 0.4) is 0 Å². The van der Waals surface area contributed by atoms with Crippen molar-refractivity contribution in [3.8, 4) is 0 Å².